The number of amides is 1. The molecular weight excluding hydrogens is 226 g/mol. The van der Waals surface area contributed by atoms with Gasteiger partial charge >= 0.3 is 0 Å². The van der Waals surface area contributed by atoms with Gasteiger partial charge < -0.3 is 11.5 Å². The average molecular weight is 255 g/mol. The first-order valence-electron chi connectivity index (χ1n) is 7.07. The topological polar surface area (TPSA) is 72.3 Å². The first kappa shape index (κ1) is 15.4. The predicted octanol–water partition coefficient (Wildman–Crippen LogP) is 1.34. The fourth-order valence-corrected chi connectivity index (χ4v) is 2.89. The van der Waals surface area contributed by atoms with E-state index in [-0.39, 0.29) is 5.91 Å². The molecule has 1 amide bonds. The molecule has 18 heavy (non-hydrogen) atoms. The Hall–Kier alpha value is -0.610. The second-order valence-electron chi connectivity index (χ2n) is 6.66. The lowest BCUT2D eigenvalue weighted by atomic mass is 9.97. The molecule has 0 heterocycles. The van der Waals surface area contributed by atoms with Crippen LogP contribution in [-0.2, 0) is 4.79 Å². The summed E-state index contributed by atoms with van der Waals surface area (Å²) in [5.74, 6) is 0.911. The first-order valence-corrected chi connectivity index (χ1v) is 7.07. The van der Waals surface area contributed by atoms with Gasteiger partial charge in [-0.3, -0.25) is 9.69 Å². The van der Waals surface area contributed by atoms with Crippen molar-refractivity contribution in [3.8, 4) is 0 Å². The first-order chi connectivity index (χ1) is 8.24. The molecule has 0 aromatic heterocycles. The Bertz CT molecular complexity index is 281. The van der Waals surface area contributed by atoms with E-state index in [1.807, 2.05) is 0 Å². The molecule has 4 nitrogen and oxygen atoms in total. The molecule has 1 rings (SSSR count). The summed E-state index contributed by atoms with van der Waals surface area (Å²) in [6.07, 6.45) is 2.42. The van der Waals surface area contributed by atoms with Gasteiger partial charge in [0.1, 0.15) is 0 Å². The lowest BCUT2D eigenvalue weighted by Gasteiger charge is -2.32. The third-order valence-corrected chi connectivity index (χ3v) is 3.73. The van der Waals surface area contributed by atoms with Crippen LogP contribution in [0.15, 0.2) is 0 Å². The van der Waals surface area contributed by atoms with E-state index in [4.69, 9.17) is 11.5 Å². The van der Waals surface area contributed by atoms with E-state index in [9.17, 15) is 4.79 Å². The van der Waals surface area contributed by atoms with Gasteiger partial charge in [0, 0.05) is 19.1 Å². The maximum Gasteiger partial charge on any atom is 0.237 e. The molecule has 0 aromatic rings. The van der Waals surface area contributed by atoms with Gasteiger partial charge in [0.15, 0.2) is 0 Å². The minimum Gasteiger partial charge on any atom is -0.368 e. The third-order valence-electron chi connectivity index (χ3n) is 3.73. The number of rotatable bonds is 6. The zero-order valence-corrected chi connectivity index (χ0v) is 12.3. The lowest BCUT2D eigenvalue weighted by molar-refractivity contribution is -0.123. The second-order valence-corrected chi connectivity index (χ2v) is 6.66. The van der Waals surface area contributed by atoms with Crippen LogP contribution in [0.4, 0.5) is 0 Å². The van der Waals surface area contributed by atoms with Crippen molar-refractivity contribution < 1.29 is 4.79 Å². The van der Waals surface area contributed by atoms with Crippen molar-refractivity contribution in [1.29, 1.82) is 0 Å². The van der Waals surface area contributed by atoms with Gasteiger partial charge in [-0.1, -0.05) is 27.7 Å². The van der Waals surface area contributed by atoms with E-state index in [0.29, 0.717) is 24.3 Å². The van der Waals surface area contributed by atoms with E-state index in [1.54, 1.807) is 0 Å². The molecule has 0 spiro atoms. The van der Waals surface area contributed by atoms with Gasteiger partial charge in [-0.05, 0) is 31.1 Å². The molecule has 106 valence electrons. The van der Waals surface area contributed by atoms with Crippen LogP contribution in [0.3, 0.4) is 0 Å². The summed E-state index contributed by atoms with van der Waals surface area (Å²) < 4.78 is 0. The molecule has 0 aromatic carbocycles. The zero-order valence-electron chi connectivity index (χ0n) is 12.3. The normalized spacial score (nSPS) is 28.6. The Morgan fingerprint density at radius 1 is 1.28 bits per heavy atom. The van der Waals surface area contributed by atoms with Crippen molar-refractivity contribution in [3.63, 3.8) is 0 Å². The van der Waals surface area contributed by atoms with Crippen LogP contribution in [0.1, 0.15) is 47.0 Å². The van der Waals surface area contributed by atoms with Gasteiger partial charge in [-0.15, -0.1) is 0 Å². The number of hydrogen-bond donors (Lipinski definition) is 2. The Morgan fingerprint density at radius 3 is 2.11 bits per heavy atom. The highest BCUT2D eigenvalue weighted by Crippen LogP contribution is 2.31. The van der Waals surface area contributed by atoms with Crippen LogP contribution >= 0.6 is 0 Å². The highest BCUT2D eigenvalue weighted by molar-refractivity contribution is 5.84. The Labute approximate surface area is 111 Å². The van der Waals surface area contributed by atoms with E-state index < -0.39 is 5.54 Å². The molecular formula is C14H29N3O. The van der Waals surface area contributed by atoms with Crippen molar-refractivity contribution in [1.82, 2.24) is 4.90 Å². The molecule has 0 bridgehead atoms. The summed E-state index contributed by atoms with van der Waals surface area (Å²) >= 11 is 0. The number of nitrogens with zero attached hydrogens (tertiary/aromatic N) is 1. The van der Waals surface area contributed by atoms with Crippen LogP contribution in [0, 0.1) is 11.8 Å². The highest BCUT2D eigenvalue weighted by atomic mass is 16.1. The van der Waals surface area contributed by atoms with Crippen LogP contribution in [-0.4, -0.2) is 35.5 Å². The summed E-state index contributed by atoms with van der Waals surface area (Å²) in [5.41, 5.74) is 10.7. The SMILES string of the molecule is CC(C)CN(CC(C)C)C1CCC(N)(C(N)=O)C1. The second kappa shape index (κ2) is 6.02. The minimum atomic E-state index is -0.781. The molecule has 1 aliphatic rings. The summed E-state index contributed by atoms with van der Waals surface area (Å²) in [5, 5.41) is 0. The standard InChI is InChI=1S/C14H29N3O/c1-10(2)8-17(9-11(3)4)12-5-6-14(16,7-12)13(15)18/h10-12H,5-9,16H2,1-4H3,(H2,15,18). The van der Waals surface area contributed by atoms with Crippen LogP contribution < -0.4 is 11.5 Å². The van der Waals surface area contributed by atoms with Crippen molar-refractivity contribution in [2.75, 3.05) is 13.1 Å². The maximum absolute atomic E-state index is 11.4. The molecule has 1 aliphatic carbocycles. The predicted molar refractivity (Wildman–Crippen MR) is 75.0 cm³/mol. The molecule has 1 fully saturated rings. The lowest BCUT2D eigenvalue weighted by Crippen LogP contribution is -2.51. The van der Waals surface area contributed by atoms with Gasteiger partial charge in [0.05, 0.1) is 5.54 Å². The smallest absolute Gasteiger partial charge is 0.237 e. The van der Waals surface area contributed by atoms with Crippen molar-refractivity contribution in [2.45, 2.75) is 58.5 Å². The van der Waals surface area contributed by atoms with E-state index in [1.165, 1.54) is 0 Å². The van der Waals surface area contributed by atoms with Gasteiger partial charge in [0.2, 0.25) is 5.91 Å². The van der Waals surface area contributed by atoms with Gasteiger partial charge in [-0.2, -0.15) is 0 Å². The van der Waals surface area contributed by atoms with E-state index >= 15 is 0 Å². The largest absolute Gasteiger partial charge is 0.368 e. The van der Waals surface area contributed by atoms with Crippen molar-refractivity contribution in [3.05, 3.63) is 0 Å². The highest BCUT2D eigenvalue weighted by Gasteiger charge is 2.42. The molecule has 4 heteroatoms. The molecule has 0 radical (unpaired) electrons. The van der Waals surface area contributed by atoms with Crippen LogP contribution in [0.2, 0.25) is 0 Å². The Balaban J connectivity index is 2.67. The summed E-state index contributed by atoms with van der Waals surface area (Å²) in [4.78, 5) is 13.9. The number of hydrogen-bond acceptors (Lipinski definition) is 3. The fourth-order valence-electron chi connectivity index (χ4n) is 2.89. The number of nitrogens with two attached hydrogens (primary N) is 2. The van der Waals surface area contributed by atoms with E-state index in [2.05, 4.69) is 32.6 Å². The molecule has 2 atom stereocenters. The summed E-state index contributed by atoms with van der Waals surface area (Å²) in [7, 11) is 0. The zero-order chi connectivity index (χ0) is 13.9. The number of carbonyl (C=O) groups is 1. The van der Waals surface area contributed by atoms with Crippen molar-refractivity contribution in [2.24, 2.45) is 23.3 Å². The maximum atomic E-state index is 11.4. The quantitative estimate of drug-likeness (QED) is 0.752. The van der Waals surface area contributed by atoms with Gasteiger partial charge in [-0.25, -0.2) is 0 Å². The monoisotopic (exact) mass is 255 g/mol. The summed E-state index contributed by atoms with van der Waals surface area (Å²) in [6, 6.07) is 0.410. The minimum absolute atomic E-state index is 0.348. The van der Waals surface area contributed by atoms with E-state index in [0.717, 1.165) is 25.9 Å². The average Bonchev–Trinajstić information content (AvgIpc) is 2.60. The Morgan fingerprint density at radius 2 is 1.78 bits per heavy atom. The summed E-state index contributed by atoms with van der Waals surface area (Å²) in [6.45, 7) is 11.0. The third kappa shape index (κ3) is 3.95. The van der Waals surface area contributed by atoms with Crippen LogP contribution in [0.25, 0.3) is 0 Å². The molecule has 0 aliphatic heterocycles. The Kier molecular flexibility index (Phi) is 5.17. The van der Waals surface area contributed by atoms with Gasteiger partial charge in [0.25, 0.3) is 0 Å². The molecule has 1 saturated carbocycles. The molecule has 2 unspecified atom stereocenters. The number of carbonyl (C=O) groups excluding carboxylic acids is 1. The fraction of sp³-hybridized carbons (Fsp3) is 0.929. The molecule has 0 saturated heterocycles. The number of primary amides is 1. The molecule has 4 N–H and O–H groups in total. The van der Waals surface area contributed by atoms with Crippen LogP contribution in [0.5, 0.6) is 0 Å². The van der Waals surface area contributed by atoms with Crippen molar-refractivity contribution >= 4 is 5.91 Å².